The molecule has 0 atom stereocenters. The lowest BCUT2D eigenvalue weighted by molar-refractivity contribution is 0.853. The lowest BCUT2D eigenvalue weighted by atomic mass is 10.2. The van der Waals surface area contributed by atoms with Crippen LogP contribution in [0.1, 0.15) is 11.3 Å². The number of rotatable bonds is 3. The molecule has 0 spiro atoms. The van der Waals surface area contributed by atoms with Crippen molar-refractivity contribution in [3.8, 4) is 5.69 Å². The maximum Gasteiger partial charge on any atom is 0.133 e. The average molecular weight is 314 g/mol. The Morgan fingerprint density at radius 3 is 2.74 bits per heavy atom. The van der Waals surface area contributed by atoms with Gasteiger partial charge in [0, 0.05) is 27.9 Å². The molecule has 1 aliphatic rings. The molecular weight excluding hydrogens is 301 g/mol. The molecule has 0 unspecified atom stereocenters. The topological polar surface area (TPSA) is 29.9 Å². The molecule has 100 valence electrons. The first-order chi connectivity index (χ1) is 9.19. The second-order valence-corrected chi connectivity index (χ2v) is 6.16. The molecular formula is C13H13Cl2N3S. The first-order valence-corrected chi connectivity index (χ1v) is 8.14. The summed E-state index contributed by atoms with van der Waals surface area (Å²) in [6.07, 6.45) is 3.11. The Balaban J connectivity index is 2.12. The molecule has 19 heavy (non-hydrogen) atoms. The highest BCUT2D eigenvalue weighted by atomic mass is 35.5. The molecule has 1 aromatic carbocycles. The van der Waals surface area contributed by atoms with E-state index in [0.717, 1.165) is 35.9 Å². The van der Waals surface area contributed by atoms with Crippen LogP contribution in [0.5, 0.6) is 0 Å². The number of thioether (sulfide) groups is 1. The maximum atomic E-state index is 6.07. The Morgan fingerprint density at radius 1 is 1.32 bits per heavy atom. The smallest absolute Gasteiger partial charge is 0.133 e. The molecule has 6 heteroatoms. The predicted molar refractivity (Wildman–Crippen MR) is 83.0 cm³/mol. The summed E-state index contributed by atoms with van der Waals surface area (Å²) in [7, 11) is 0. The van der Waals surface area contributed by atoms with Crippen LogP contribution in [0.15, 0.2) is 18.2 Å². The highest BCUT2D eigenvalue weighted by Crippen LogP contribution is 2.32. The second kappa shape index (κ2) is 5.27. The van der Waals surface area contributed by atoms with Gasteiger partial charge in [-0.3, -0.25) is 0 Å². The van der Waals surface area contributed by atoms with Crippen molar-refractivity contribution in [3.05, 3.63) is 39.5 Å². The summed E-state index contributed by atoms with van der Waals surface area (Å²) in [4.78, 5) is 0. The molecule has 1 N–H and O–H groups in total. The fourth-order valence-electron chi connectivity index (χ4n) is 2.35. The van der Waals surface area contributed by atoms with E-state index in [0.29, 0.717) is 10.0 Å². The van der Waals surface area contributed by atoms with Crippen molar-refractivity contribution in [1.82, 2.24) is 9.78 Å². The van der Waals surface area contributed by atoms with E-state index in [2.05, 4.69) is 11.6 Å². The molecule has 0 aliphatic carbocycles. The third-order valence-electron chi connectivity index (χ3n) is 3.11. The van der Waals surface area contributed by atoms with Crippen molar-refractivity contribution in [3.63, 3.8) is 0 Å². The van der Waals surface area contributed by atoms with Crippen molar-refractivity contribution in [2.45, 2.75) is 12.2 Å². The van der Waals surface area contributed by atoms with Gasteiger partial charge in [-0.25, -0.2) is 4.68 Å². The highest BCUT2D eigenvalue weighted by Gasteiger charge is 2.22. The number of nitrogens with one attached hydrogen (secondary N) is 1. The Kier molecular flexibility index (Phi) is 3.65. The van der Waals surface area contributed by atoms with E-state index in [1.807, 2.05) is 16.8 Å². The number of halogens is 2. The van der Waals surface area contributed by atoms with E-state index in [-0.39, 0.29) is 0 Å². The summed E-state index contributed by atoms with van der Waals surface area (Å²) in [5.41, 5.74) is 3.35. The second-order valence-electron chi connectivity index (χ2n) is 4.42. The van der Waals surface area contributed by atoms with E-state index < -0.39 is 0 Å². The molecule has 1 aromatic heterocycles. The van der Waals surface area contributed by atoms with Gasteiger partial charge in [-0.15, -0.1) is 0 Å². The number of anilines is 1. The molecule has 1 aliphatic heterocycles. The largest absolute Gasteiger partial charge is 0.369 e. The third kappa shape index (κ3) is 2.45. The normalized spacial score (nSPS) is 13.4. The Morgan fingerprint density at radius 2 is 2.05 bits per heavy atom. The van der Waals surface area contributed by atoms with Crippen LogP contribution in [-0.4, -0.2) is 22.6 Å². The molecule has 3 nitrogen and oxygen atoms in total. The number of benzene rings is 1. The molecule has 0 fully saturated rings. The summed E-state index contributed by atoms with van der Waals surface area (Å²) in [6.45, 7) is 0.961. The maximum absolute atomic E-state index is 6.07. The van der Waals surface area contributed by atoms with Crippen LogP contribution >= 0.6 is 35.0 Å². The van der Waals surface area contributed by atoms with Crippen LogP contribution in [0.3, 0.4) is 0 Å². The fraction of sp³-hybridized carbons (Fsp3) is 0.308. The minimum atomic E-state index is 0.621. The first kappa shape index (κ1) is 13.2. The minimum Gasteiger partial charge on any atom is -0.369 e. The Labute approximate surface area is 126 Å². The van der Waals surface area contributed by atoms with Gasteiger partial charge in [-0.1, -0.05) is 23.2 Å². The molecule has 2 heterocycles. The van der Waals surface area contributed by atoms with Crippen molar-refractivity contribution < 1.29 is 0 Å². The quantitative estimate of drug-likeness (QED) is 0.928. The van der Waals surface area contributed by atoms with Gasteiger partial charge >= 0.3 is 0 Å². The summed E-state index contributed by atoms with van der Waals surface area (Å²) in [5, 5.41) is 9.32. The van der Waals surface area contributed by atoms with Gasteiger partial charge in [0.15, 0.2) is 0 Å². The molecule has 3 rings (SSSR count). The van der Waals surface area contributed by atoms with Gasteiger partial charge < -0.3 is 5.32 Å². The van der Waals surface area contributed by atoms with E-state index in [1.54, 1.807) is 17.8 Å². The van der Waals surface area contributed by atoms with Crippen LogP contribution in [0.25, 0.3) is 5.69 Å². The van der Waals surface area contributed by atoms with E-state index >= 15 is 0 Å². The first-order valence-electron chi connectivity index (χ1n) is 5.99. The summed E-state index contributed by atoms with van der Waals surface area (Å²) in [6, 6.07) is 5.49. The van der Waals surface area contributed by atoms with Crippen molar-refractivity contribution >= 4 is 40.8 Å². The molecule has 2 aromatic rings. The van der Waals surface area contributed by atoms with Crippen molar-refractivity contribution in [1.29, 1.82) is 0 Å². The molecule has 0 radical (unpaired) electrons. The van der Waals surface area contributed by atoms with Crippen LogP contribution in [0, 0.1) is 0 Å². The Bertz CT molecular complexity index is 604. The Hall–Kier alpha value is -0.840. The molecule has 0 saturated carbocycles. The number of nitrogens with zero attached hydrogens (tertiary/aromatic N) is 2. The lowest BCUT2D eigenvalue weighted by Crippen LogP contribution is -2.04. The SMILES string of the molecule is CSCc1nn(-c2cc(Cl)cc(Cl)c2)c2c1CCN2. The van der Waals surface area contributed by atoms with E-state index in [1.165, 1.54) is 5.56 Å². The molecule has 0 amide bonds. The summed E-state index contributed by atoms with van der Waals surface area (Å²) in [5.74, 6) is 1.99. The number of hydrogen-bond donors (Lipinski definition) is 1. The standard InChI is InChI=1S/C13H13Cl2N3S/c1-19-7-12-11-2-3-16-13(11)18(17-12)10-5-8(14)4-9(15)6-10/h4-6,16H,2-3,7H2,1H3. The third-order valence-corrected chi connectivity index (χ3v) is 4.11. The van der Waals surface area contributed by atoms with Gasteiger partial charge in [-0.05, 0) is 30.9 Å². The van der Waals surface area contributed by atoms with Gasteiger partial charge in [0.2, 0.25) is 0 Å². The zero-order valence-corrected chi connectivity index (χ0v) is 12.7. The summed E-state index contributed by atoms with van der Waals surface area (Å²) >= 11 is 13.9. The van der Waals surface area contributed by atoms with E-state index in [4.69, 9.17) is 28.3 Å². The zero-order valence-electron chi connectivity index (χ0n) is 10.4. The lowest BCUT2D eigenvalue weighted by Gasteiger charge is -2.07. The van der Waals surface area contributed by atoms with Gasteiger partial charge in [0.05, 0.1) is 11.4 Å². The highest BCUT2D eigenvalue weighted by molar-refractivity contribution is 7.97. The van der Waals surface area contributed by atoms with Crippen molar-refractivity contribution in [2.24, 2.45) is 0 Å². The van der Waals surface area contributed by atoms with Crippen LogP contribution in [0.4, 0.5) is 5.82 Å². The van der Waals surface area contributed by atoms with Crippen molar-refractivity contribution in [2.75, 3.05) is 18.1 Å². The molecule has 0 saturated heterocycles. The van der Waals surface area contributed by atoms with Gasteiger partial charge in [0.1, 0.15) is 5.82 Å². The van der Waals surface area contributed by atoms with Crippen LogP contribution < -0.4 is 5.32 Å². The minimum absolute atomic E-state index is 0.621. The van der Waals surface area contributed by atoms with Gasteiger partial charge in [0.25, 0.3) is 0 Å². The zero-order chi connectivity index (χ0) is 13.4. The summed E-state index contributed by atoms with van der Waals surface area (Å²) < 4.78 is 1.91. The number of aromatic nitrogens is 2. The predicted octanol–water partition coefficient (Wildman–Crippen LogP) is 4.01. The van der Waals surface area contributed by atoms with Gasteiger partial charge in [-0.2, -0.15) is 16.9 Å². The number of hydrogen-bond acceptors (Lipinski definition) is 3. The monoisotopic (exact) mass is 313 g/mol. The molecule has 0 bridgehead atoms. The number of fused-ring (bicyclic) bond motifs is 1. The van der Waals surface area contributed by atoms with Crippen LogP contribution in [-0.2, 0) is 12.2 Å². The fourth-order valence-corrected chi connectivity index (χ4v) is 3.37. The van der Waals surface area contributed by atoms with E-state index in [9.17, 15) is 0 Å². The average Bonchev–Trinajstić information content (AvgIpc) is 2.91. The van der Waals surface area contributed by atoms with Crippen LogP contribution in [0.2, 0.25) is 10.0 Å².